The van der Waals surface area contributed by atoms with E-state index in [1.54, 1.807) is 0 Å². The van der Waals surface area contributed by atoms with Gasteiger partial charge in [-0.15, -0.1) is 0 Å². The number of carbonyl (C=O) groups excluding carboxylic acids is 2. The molecule has 0 bridgehead atoms. The zero-order valence-corrected chi connectivity index (χ0v) is 12.6. The van der Waals surface area contributed by atoms with Gasteiger partial charge in [-0.3, -0.25) is 14.5 Å². The molecule has 0 saturated heterocycles. The van der Waals surface area contributed by atoms with Gasteiger partial charge in [0, 0.05) is 13.8 Å². The first-order valence-electron chi connectivity index (χ1n) is 6.93. The van der Waals surface area contributed by atoms with Crippen LogP contribution in [0.15, 0.2) is 48.5 Å². The molecule has 0 aliphatic rings. The molecule has 3 heteroatoms. The number of rotatable bonds is 3. The highest BCUT2D eigenvalue weighted by Gasteiger charge is 2.15. The molecule has 0 heterocycles. The Morgan fingerprint density at radius 2 is 1.24 bits per heavy atom. The molecule has 3 nitrogen and oxygen atoms in total. The molecule has 0 atom stereocenters. The molecule has 0 N–H and O–H groups in total. The zero-order valence-electron chi connectivity index (χ0n) is 12.6. The zero-order chi connectivity index (χ0) is 15.4. The van der Waals surface area contributed by atoms with Crippen molar-refractivity contribution in [2.45, 2.75) is 27.2 Å². The van der Waals surface area contributed by atoms with Gasteiger partial charge in [-0.25, -0.2) is 0 Å². The van der Waals surface area contributed by atoms with E-state index in [0.717, 1.165) is 12.0 Å². The van der Waals surface area contributed by atoms with Crippen LogP contribution in [0.1, 0.15) is 30.5 Å². The summed E-state index contributed by atoms with van der Waals surface area (Å²) < 4.78 is 0. The van der Waals surface area contributed by atoms with Gasteiger partial charge in [-0.2, -0.15) is 0 Å². The third kappa shape index (κ3) is 3.78. The number of nitrogens with zero attached hydrogens (tertiary/aromatic N) is 1. The Kier molecular flexibility index (Phi) is 4.53. The van der Waals surface area contributed by atoms with E-state index in [-0.39, 0.29) is 11.8 Å². The standard InChI is InChI=1S/C18H19NO2/c1-13-4-6-16(7-5-13)12-17-8-10-18(11-9-17)19(14(2)20)15(3)21/h4-11H,12H2,1-3H3. The highest BCUT2D eigenvalue weighted by atomic mass is 16.2. The van der Waals surface area contributed by atoms with Crippen LogP contribution in [0.2, 0.25) is 0 Å². The van der Waals surface area contributed by atoms with E-state index in [1.807, 2.05) is 24.3 Å². The number of anilines is 1. The second-order valence-electron chi connectivity index (χ2n) is 5.20. The lowest BCUT2D eigenvalue weighted by atomic mass is 10.0. The van der Waals surface area contributed by atoms with Crippen LogP contribution in [0.3, 0.4) is 0 Å². The topological polar surface area (TPSA) is 37.4 Å². The first kappa shape index (κ1) is 15.0. The van der Waals surface area contributed by atoms with Gasteiger partial charge in [-0.1, -0.05) is 42.0 Å². The maximum Gasteiger partial charge on any atom is 0.230 e. The minimum absolute atomic E-state index is 0.270. The normalized spacial score (nSPS) is 10.2. The molecule has 2 aromatic rings. The van der Waals surface area contributed by atoms with Crippen LogP contribution < -0.4 is 4.90 Å². The maximum atomic E-state index is 11.5. The van der Waals surface area contributed by atoms with Gasteiger partial charge in [-0.05, 0) is 36.6 Å². The summed E-state index contributed by atoms with van der Waals surface area (Å²) >= 11 is 0. The first-order valence-corrected chi connectivity index (χ1v) is 6.93. The quantitative estimate of drug-likeness (QED) is 0.863. The summed E-state index contributed by atoms with van der Waals surface area (Å²) in [5.41, 5.74) is 4.24. The average Bonchev–Trinajstić information content (AvgIpc) is 2.42. The summed E-state index contributed by atoms with van der Waals surface area (Å²) in [6, 6.07) is 15.9. The summed E-state index contributed by atoms with van der Waals surface area (Å²) in [5.74, 6) is -0.539. The van der Waals surface area contributed by atoms with Crippen LogP contribution in [0, 0.1) is 6.92 Å². The van der Waals surface area contributed by atoms with Crippen molar-refractivity contribution in [1.29, 1.82) is 0 Å². The van der Waals surface area contributed by atoms with E-state index in [2.05, 4.69) is 31.2 Å². The third-order valence-electron chi connectivity index (χ3n) is 3.35. The molecular weight excluding hydrogens is 262 g/mol. The Morgan fingerprint density at radius 3 is 1.67 bits per heavy atom. The predicted octanol–water partition coefficient (Wildman–Crippen LogP) is 3.49. The van der Waals surface area contributed by atoms with E-state index in [4.69, 9.17) is 0 Å². The average molecular weight is 281 g/mol. The number of benzene rings is 2. The van der Waals surface area contributed by atoms with Gasteiger partial charge in [0.25, 0.3) is 0 Å². The monoisotopic (exact) mass is 281 g/mol. The second kappa shape index (κ2) is 6.35. The lowest BCUT2D eigenvalue weighted by molar-refractivity contribution is -0.124. The van der Waals surface area contributed by atoms with Crippen LogP contribution in [-0.4, -0.2) is 11.8 Å². The fraction of sp³-hybridized carbons (Fsp3) is 0.222. The lowest BCUT2D eigenvalue weighted by Crippen LogP contribution is -2.32. The third-order valence-corrected chi connectivity index (χ3v) is 3.35. The van der Waals surface area contributed by atoms with Crippen LogP contribution in [0.25, 0.3) is 0 Å². The number of imide groups is 1. The first-order chi connectivity index (χ1) is 9.97. The van der Waals surface area contributed by atoms with Crippen molar-refractivity contribution >= 4 is 17.5 Å². The molecule has 2 amide bonds. The SMILES string of the molecule is CC(=O)N(C(C)=O)c1ccc(Cc2ccc(C)cc2)cc1. The molecule has 2 rings (SSSR count). The number of carbonyl (C=O) groups is 2. The van der Waals surface area contributed by atoms with Gasteiger partial charge in [0.1, 0.15) is 0 Å². The van der Waals surface area contributed by atoms with E-state index in [9.17, 15) is 9.59 Å². The summed E-state index contributed by atoms with van der Waals surface area (Å²) in [4.78, 5) is 24.2. The molecule has 2 aromatic carbocycles. The van der Waals surface area contributed by atoms with Crippen LogP contribution in [0.4, 0.5) is 5.69 Å². The molecule has 21 heavy (non-hydrogen) atoms. The molecule has 0 aromatic heterocycles. The van der Waals surface area contributed by atoms with Crippen molar-refractivity contribution in [3.8, 4) is 0 Å². The van der Waals surface area contributed by atoms with E-state index < -0.39 is 0 Å². The molecule has 0 aliphatic heterocycles. The Morgan fingerprint density at radius 1 is 0.810 bits per heavy atom. The van der Waals surface area contributed by atoms with Crippen LogP contribution in [-0.2, 0) is 16.0 Å². The fourth-order valence-corrected chi connectivity index (χ4v) is 2.29. The fourth-order valence-electron chi connectivity index (χ4n) is 2.29. The van der Waals surface area contributed by atoms with E-state index >= 15 is 0 Å². The number of aryl methyl sites for hydroxylation is 1. The Bertz CT molecular complexity index is 628. The molecular formula is C18H19NO2. The minimum Gasteiger partial charge on any atom is -0.274 e. The molecule has 0 aliphatic carbocycles. The summed E-state index contributed by atoms with van der Waals surface area (Å²) in [6.07, 6.45) is 0.834. The Hall–Kier alpha value is -2.42. The van der Waals surface area contributed by atoms with Gasteiger partial charge >= 0.3 is 0 Å². The highest BCUT2D eigenvalue weighted by molar-refractivity contribution is 6.13. The summed E-state index contributed by atoms with van der Waals surface area (Å²) in [6.45, 7) is 4.85. The molecule has 0 radical (unpaired) electrons. The van der Waals surface area contributed by atoms with Crippen molar-refractivity contribution < 1.29 is 9.59 Å². The van der Waals surface area contributed by atoms with Crippen molar-refractivity contribution in [3.05, 3.63) is 65.2 Å². The van der Waals surface area contributed by atoms with Gasteiger partial charge in [0.15, 0.2) is 0 Å². The summed E-state index contributed by atoms with van der Waals surface area (Å²) in [5, 5.41) is 0. The number of hydrogen-bond donors (Lipinski definition) is 0. The van der Waals surface area contributed by atoms with Gasteiger partial charge < -0.3 is 0 Å². The van der Waals surface area contributed by atoms with E-state index in [0.29, 0.717) is 5.69 Å². The second-order valence-corrected chi connectivity index (χ2v) is 5.20. The molecule has 0 unspecified atom stereocenters. The largest absolute Gasteiger partial charge is 0.274 e. The summed E-state index contributed by atoms with van der Waals surface area (Å²) in [7, 11) is 0. The van der Waals surface area contributed by atoms with Crippen molar-refractivity contribution in [1.82, 2.24) is 0 Å². The predicted molar refractivity (Wildman–Crippen MR) is 84.3 cm³/mol. The number of amides is 2. The van der Waals surface area contributed by atoms with Crippen LogP contribution in [0.5, 0.6) is 0 Å². The van der Waals surface area contributed by atoms with Crippen LogP contribution >= 0.6 is 0 Å². The smallest absolute Gasteiger partial charge is 0.230 e. The molecule has 0 saturated carbocycles. The molecule has 0 spiro atoms. The maximum absolute atomic E-state index is 11.5. The van der Waals surface area contributed by atoms with E-state index in [1.165, 1.54) is 29.9 Å². The Balaban J connectivity index is 2.16. The highest BCUT2D eigenvalue weighted by Crippen LogP contribution is 2.18. The van der Waals surface area contributed by atoms with Crippen molar-refractivity contribution in [3.63, 3.8) is 0 Å². The van der Waals surface area contributed by atoms with Crippen molar-refractivity contribution in [2.75, 3.05) is 4.90 Å². The molecule has 0 fully saturated rings. The van der Waals surface area contributed by atoms with Gasteiger partial charge in [0.2, 0.25) is 11.8 Å². The van der Waals surface area contributed by atoms with Crippen molar-refractivity contribution in [2.24, 2.45) is 0 Å². The number of hydrogen-bond acceptors (Lipinski definition) is 2. The molecule has 108 valence electrons. The lowest BCUT2D eigenvalue weighted by Gasteiger charge is -2.17. The Labute approximate surface area is 125 Å². The minimum atomic E-state index is -0.270. The van der Waals surface area contributed by atoms with Gasteiger partial charge in [0.05, 0.1) is 5.69 Å².